The molecule has 0 spiro atoms. The minimum absolute atomic E-state index is 0.199. The molecule has 5 rings (SSSR count). The molecule has 0 atom stereocenters. The van der Waals surface area contributed by atoms with Crippen LogP contribution in [0.3, 0.4) is 0 Å². The lowest BCUT2D eigenvalue weighted by atomic mass is 10.1. The van der Waals surface area contributed by atoms with Crippen molar-refractivity contribution in [3.05, 3.63) is 64.5 Å². The highest BCUT2D eigenvalue weighted by molar-refractivity contribution is 7.17. The highest BCUT2D eigenvalue weighted by Crippen LogP contribution is 2.35. The second kappa shape index (κ2) is 7.89. The first kappa shape index (κ1) is 18.8. The zero-order valence-electron chi connectivity index (χ0n) is 16.0. The molecule has 0 bridgehead atoms. The van der Waals surface area contributed by atoms with Gasteiger partial charge < -0.3 is 9.47 Å². The number of fused-ring (bicyclic) bond motifs is 1. The smallest absolute Gasteiger partial charge is 0.269 e. The SMILES string of the molecule is Cc1nc(-c2ccccc2)sc1C(=O)Nc1nc(-c2ccc3c(c2)OCCO3)cs1. The number of amides is 1. The topological polar surface area (TPSA) is 73.3 Å². The van der Waals surface area contributed by atoms with Gasteiger partial charge >= 0.3 is 0 Å². The van der Waals surface area contributed by atoms with Crippen LogP contribution in [0.2, 0.25) is 0 Å². The zero-order chi connectivity index (χ0) is 20.5. The molecule has 1 aliphatic rings. The molecule has 8 heteroatoms. The number of rotatable bonds is 4. The van der Waals surface area contributed by atoms with Crippen LogP contribution in [0.1, 0.15) is 15.4 Å². The number of thiazole rings is 2. The van der Waals surface area contributed by atoms with Gasteiger partial charge in [-0.3, -0.25) is 10.1 Å². The number of aryl methyl sites for hydroxylation is 1. The van der Waals surface area contributed by atoms with Crippen molar-refractivity contribution in [1.29, 1.82) is 0 Å². The van der Waals surface area contributed by atoms with Crippen LogP contribution in [0.15, 0.2) is 53.9 Å². The Labute approximate surface area is 181 Å². The molecule has 4 aromatic rings. The van der Waals surface area contributed by atoms with E-state index < -0.39 is 0 Å². The molecule has 0 aliphatic carbocycles. The summed E-state index contributed by atoms with van der Waals surface area (Å²) in [7, 11) is 0. The predicted molar refractivity (Wildman–Crippen MR) is 119 cm³/mol. The molecule has 0 unspecified atom stereocenters. The summed E-state index contributed by atoms with van der Waals surface area (Å²) in [5.41, 5.74) is 3.40. The van der Waals surface area contributed by atoms with Gasteiger partial charge in [-0.2, -0.15) is 0 Å². The summed E-state index contributed by atoms with van der Waals surface area (Å²) in [6, 6.07) is 15.6. The monoisotopic (exact) mass is 435 g/mol. The van der Waals surface area contributed by atoms with Gasteiger partial charge in [0.25, 0.3) is 5.91 Å². The molecule has 0 radical (unpaired) electrons. The van der Waals surface area contributed by atoms with Gasteiger partial charge in [0.15, 0.2) is 16.6 Å². The van der Waals surface area contributed by atoms with Gasteiger partial charge in [-0.05, 0) is 25.1 Å². The predicted octanol–water partition coefficient (Wildman–Crippen LogP) is 5.27. The Bertz CT molecular complexity index is 1220. The lowest BCUT2D eigenvalue weighted by Gasteiger charge is -2.18. The number of aromatic nitrogens is 2. The Morgan fingerprint density at radius 3 is 2.63 bits per heavy atom. The van der Waals surface area contributed by atoms with Gasteiger partial charge in [0.05, 0.1) is 11.4 Å². The molecule has 0 saturated carbocycles. The third-order valence-electron chi connectivity index (χ3n) is 4.59. The van der Waals surface area contributed by atoms with Gasteiger partial charge in [0.1, 0.15) is 23.1 Å². The number of hydrogen-bond donors (Lipinski definition) is 1. The number of nitrogens with zero attached hydrogens (tertiary/aromatic N) is 2. The molecule has 0 fully saturated rings. The van der Waals surface area contributed by atoms with E-state index in [4.69, 9.17) is 9.47 Å². The van der Waals surface area contributed by atoms with Crippen LogP contribution < -0.4 is 14.8 Å². The Balaban J connectivity index is 1.34. The van der Waals surface area contributed by atoms with Crippen molar-refractivity contribution >= 4 is 33.7 Å². The average molecular weight is 436 g/mol. The number of ether oxygens (including phenoxy) is 2. The maximum atomic E-state index is 12.8. The fraction of sp³-hybridized carbons (Fsp3) is 0.136. The highest BCUT2D eigenvalue weighted by Gasteiger charge is 2.18. The number of nitrogens with one attached hydrogen (secondary N) is 1. The molecule has 6 nitrogen and oxygen atoms in total. The molecule has 2 aromatic heterocycles. The molecular formula is C22H17N3O3S2. The number of carbonyl (C=O) groups is 1. The highest BCUT2D eigenvalue weighted by atomic mass is 32.1. The van der Waals surface area contributed by atoms with Crippen LogP contribution in [-0.4, -0.2) is 29.1 Å². The summed E-state index contributed by atoms with van der Waals surface area (Å²) < 4.78 is 11.2. The van der Waals surface area contributed by atoms with E-state index in [2.05, 4.69) is 15.3 Å². The molecule has 1 N–H and O–H groups in total. The van der Waals surface area contributed by atoms with Gasteiger partial charge in [0.2, 0.25) is 0 Å². The summed E-state index contributed by atoms with van der Waals surface area (Å²) >= 11 is 2.76. The Morgan fingerprint density at radius 1 is 1.00 bits per heavy atom. The number of carbonyl (C=O) groups excluding carboxylic acids is 1. The molecule has 150 valence electrons. The molecule has 0 saturated heterocycles. The molecule has 3 heterocycles. The second-order valence-corrected chi connectivity index (χ2v) is 8.51. The molecular weight excluding hydrogens is 418 g/mol. The van der Waals surface area contributed by atoms with Gasteiger partial charge in [-0.25, -0.2) is 9.97 Å². The third-order valence-corrected chi connectivity index (χ3v) is 6.55. The van der Waals surface area contributed by atoms with Gasteiger partial charge in [0, 0.05) is 16.5 Å². The Kier molecular flexibility index (Phi) is 4.94. The summed E-state index contributed by atoms with van der Waals surface area (Å²) in [5.74, 6) is 1.25. The van der Waals surface area contributed by atoms with Crippen LogP contribution in [0.5, 0.6) is 11.5 Å². The largest absolute Gasteiger partial charge is 0.486 e. The molecule has 1 aliphatic heterocycles. The summed E-state index contributed by atoms with van der Waals surface area (Å²) in [4.78, 5) is 22.5. The normalized spacial score (nSPS) is 12.6. The van der Waals surface area contributed by atoms with Crippen LogP contribution in [0, 0.1) is 6.92 Å². The van der Waals surface area contributed by atoms with Crippen molar-refractivity contribution in [2.75, 3.05) is 18.5 Å². The lowest BCUT2D eigenvalue weighted by Crippen LogP contribution is -2.15. The van der Waals surface area contributed by atoms with Crippen LogP contribution >= 0.6 is 22.7 Å². The number of benzene rings is 2. The average Bonchev–Trinajstić information content (AvgIpc) is 3.41. The summed E-state index contributed by atoms with van der Waals surface area (Å²) in [6.45, 7) is 2.94. The molecule has 1 amide bonds. The van der Waals surface area contributed by atoms with E-state index in [1.165, 1.54) is 22.7 Å². The first-order chi connectivity index (χ1) is 14.7. The van der Waals surface area contributed by atoms with Crippen molar-refractivity contribution in [3.8, 4) is 33.3 Å². The van der Waals surface area contributed by atoms with Crippen molar-refractivity contribution in [3.63, 3.8) is 0 Å². The molecule has 30 heavy (non-hydrogen) atoms. The van der Waals surface area contributed by atoms with E-state index in [1.807, 2.05) is 60.8 Å². The maximum absolute atomic E-state index is 12.8. The summed E-state index contributed by atoms with van der Waals surface area (Å²) in [5, 5.41) is 6.18. The fourth-order valence-electron chi connectivity index (χ4n) is 3.13. The lowest BCUT2D eigenvalue weighted by molar-refractivity contribution is 0.103. The minimum atomic E-state index is -0.199. The van der Waals surface area contributed by atoms with Crippen LogP contribution in [-0.2, 0) is 0 Å². The van der Waals surface area contributed by atoms with Crippen molar-refractivity contribution in [2.45, 2.75) is 6.92 Å². The first-order valence-corrected chi connectivity index (χ1v) is 11.1. The van der Waals surface area contributed by atoms with E-state index in [-0.39, 0.29) is 5.91 Å². The Hall–Kier alpha value is -3.23. The summed E-state index contributed by atoms with van der Waals surface area (Å²) in [6.07, 6.45) is 0. The molecule has 2 aromatic carbocycles. The van der Waals surface area contributed by atoms with Crippen molar-refractivity contribution in [2.24, 2.45) is 0 Å². The van der Waals surface area contributed by atoms with Gasteiger partial charge in [-0.1, -0.05) is 30.3 Å². The standard InChI is InChI=1S/C22H17N3O3S2/c1-13-19(30-21(23-13)14-5-3-2-4-6-14)20(26)25-22-24-16(12-29-22)15-7-8-17-18(11-15)28-10-9-27-17/h2-8,11-12H,9-10H2,1H3,(H,24,25,26). The third kappa shape index (κ3) is 3.67. The van der Waals surface area contributed by atoms with Crippen molar-refractivity contribution in [1.82, 2.24) is 9.97 Å². The van der Waals surface area contributed by atoms with Crippen LogP contribution in [0.25, 0.3) is 21.8 Å². The van der Waals surface area contributed by atoms with Crippen LogP contribution in [0.4, 0.5) is 5.13 Å². The van der Waals surface area contributed by atoms with Gasteiger partial charge in [-0.15, -0.1) is 22.7 Å². The van der Waals surface area contributed by atoms with E-state index in [1.54, 1.807) is 0 Å². The Morgan fingerprint density at radius 2 is 1.80 bits per heavy atom. The van der Waals surface area contributed by atoms with E-state index in [0.29, 0.717) is 34.7 Å². The number of anilines is 1. The van der Waals surface area contributed by atoms with Crippen molar-refractivity contribution < 1.29 is 14.3 Å². The number of hydrogen-bond acceptors (Lipinski definition) is 7. The quantitative estimate of drug-likeness (QED) is 0.473. The second-order valence-electron chi connectivity index (χ2n) is 6.65. The first-order valence-electron chi connectivity index (χ1n) is 9.37. The van der Waals surface area contributed by atoms with E-state index >= 15 is 0 Å². The zero-order valence-corrected chi connectivity index (χ0v) is 17.7. The fourth-order valence-corrected chi connectivity index (χ4v) is 4.81. The van der Waals surface area contributed by atoms with E-state index in [0.717, 1.165) is 27.6 Å². The van der Waals surface area contributed by atoms with E-state index in [9.17, 15) is 4.79 Å². The maximum Gasteiger partial charge on any atom is 0.269 e. The minimum Gasteiger partial charge on any atom is -0.486 e.